The summed E-state index contributed by atoms with van der Waals surface area (Å²) < 4.78 is 0. The first-order valence-corrected chi connectivity index (χ1v) is 9.63. The Morgan fingerprint density at radius 2 is 1.45 bits per heavy atom. The number of para-hydroxylation sites is 1. The molecule has 1 heterocycles. The zero-order valence-corrected chi connectivity index (χ0v) is 17.0. The lowest BCUT2D eigenvalue weighted by atomic mass is 10.1. The Morgan fingerprint density at radius 3 is 2.13 bits per heavy atom. The lowest BCUT2D eigenvalue weighted by molar-refractivity contribution is 0.0963. The number of hydrogen-bond acceptors (Lipinski definition) is 6. The summed E-state index contributed by atoms with van der Waals surface area (Å²) in [5.74, 6) is 0.661. The van der Waals surface area contributed by atoms with Gasteiger partial charge in [-0.25, -0.2) is 15.0 Å². The van der Waals surface area contributed by atoms with Gasteiger partial charge in [0.15, 0.2) is 17.5 Å². The van der Waals surface area contributed by atoms with Gasteiger partial charge >= 0.3 is 0 Å². The minimum Gasteiger partial charge on any atom is -0.507 e. The van der Waals surface area contributed by atoms with Gasteiger partial charge in [0.1, 0.15) is 11.5 Å². The zero-order valence-electron chi connectivity index (χ0n) is 17.0. The monoisotopic (exact) mass is 412 g/mol. The number of aromatic hydroxyl groups is 2. The Bertz CT molecular complexity index is 1290. The maximum Gasteiger partial charge on any atom is 0.251 e. The molecule has 0 atom stereocenters. The quantitative estimate of drug-likeness (QED) is 0.468. The number of phenolic OH excluding ortho intramolecular Hbond substituents is 2. The van der Waals surface area contributed by atoms with E-state index in [1.807, 2.05) is 13.0 Å². The molecule has 0 fully saturated rings. The van der Waals surface area contributed by atoms with Crippen LogP contribution in [0.15, 0.2) is 66.7 Å². The second-order valence-electron chi connectivity index (χ2n) is 7.00. The van der Waals surface area contributed by atoms with E-state index in [-0.39, 0.29) is 29.1 Å². The number of aryl methyl sites for hydroxylation is 1. The highest BCUT2D eigenvalue weighted by molar-refractivity contribution is 5.95. The first kappa shape index (κ1) is 20.0. The molecule has 31 heavy (non-hydrogen) atoms. The summed E-state index contributed by atoms with van der Waals surface area (Å²) in [5, 5.41) is 23.4. The first-order chi connectivity index (χ1) is 15.0. The number of amides is 1. The molecule has 0 saturated carbocycles. The van der Waals surface area contributed by atoms with Crippen molar-refractivity contribution in [1.82, 2.24) is 20.3 Å². The average Bonchev–Trinajstić information content (AvgIpc) is 2.78. The van der Waals surface area contributed by atoms with E-state index in [0.717, 1.165) is 5.56 Å². The molecule has 1 aromatic heterocycles. The van der Waals surface area contributed by atoms with Gasteiger partial charge in [-0.15, -0.1) is 0 Å². The maximum absolute atomic E-state index is 12.1. The average molecular weight is 412 g/mol. The van der Waals surface area contributed by atoms with Crippen LogP contribution in [0.4, 0.5) is 0 Å². The predicted molar refractivity (Wildman–Crippen MR) is 118 cm³/mol. The number of rotatable bonds is 4. The fourth-order valence-corrected chi connectivity index (χ4v) is 3.18. The SMILES string of the molecule is CNC(=O)c1cccc(-c2nc(-c3ccccc3O)nc(-c3ccc(C)cc3O)n2)c1. The number of carbonyl (C=O) groups excluding carboxylic acids is 1. The largest absolute Gasteiger partial charge is 0.507 e. The Morgan fingerprint density at radius 1 is 0.774 bits per heavy atom. The van der Waals surface area contributed by atoms with Crippen LogP contribution in [0, 0.1) is 6.92 Å². The Hall–Kier alpha value is -4.26. The van der Waals surface area contributed by atoms with Crippen molar-refractivity contribution in [1.29, 1.82) is 0 Å². The van der Waals surface area contributed by atoms with E-state index in [1.165, 1.54) is 0 Å². The molecule has 0 unspecified atom stereocenters. The second-order valence-corrected chi connectivity index (χ2v) is 7.00. The van der Waals surface area contributed by atoms with Crippen molar-refractivity contribution in [2.75, 3.05) is 7.05 Å². The summed E-state index contributed by atoms with van der Waals surface area (Å²) in [5.41, 5.74) is 2.84. The van der Waals surface area contributed by atoms with Gasteiger partial charge in [0.2, 0.25) is 0 Å². The first-order valence-electron chi connectivity index (χ1n) is 9.63. The minimum absolute atomic E-state index is 0.0258. The molecular weight excluding hydrogens is 392 g/mol. The van der Waals surface area contributed by atoms with Crippen LogP contribution < -0.4 is 5.32 Å². The van der Waals surface area contributed by atoms with Crippen molar-refractivity contribution in [3.05, 3.63) is 77.9 Å². The third-order valence-electron chi connectivity index (χ3n) is 4.78. The van der Waals surface area contributed by atoms with Gasteiger partial charge < -0.3 is 15.5 Å². The van der Waals surface area contributed by atoms with Crippen molar-refractivity contribution in [3.63, 3.8) is 0 Å². The van der Waals surface area contributed by atoms with Crippen LogP contribution in [0.1, 0.15) is 15.9 Å². The number of aromatic nitrogens is 3. The van der Waals surface area contributed by atoms with Gasteiger partial charge in [-0.05, 0) is 48.9 Å². The molecule has 0 bridgehead atoms. The van der Waals surface area contributed by atoms with Crippen LogP contribution >= 0.6 is 0 Å². The van der Waals surface area contributed by atoms with Crippen molar-refractivity contribution in [2.24, 2.45) is 0 Å². The molecule has 0 radical (unpaired) electrons. The van der Waals surface area contributed by atoms with Gasteiger partial charge in [-0.3, -0.25) is 4.79 Å². The summed E-state index contributed by atoms with van der Waals surface area (Å²) in [6, 6.07) is 18.9. The molecule has 0 saturated heterocycles. The van der Waals surface area contributed by atoms with E-state index in [1.54, 1.807) is 67.7 Å². The molecule has 0 aliphatic rings. The highest BCUT2D eigenvalue weighted by atomic mass is 16.3. The van der Waals surface area contributed by atoms with Crippen molar-refractivity contribution >= 4 is 5.91 Å². The van der Waals surface area contributed by atoms with E-state index in [9.17, 15) is 15.0 Å². The molecule has 4 rings (SSSR count). The Kier molecular flexibility index (Phi) is 5.32. The molecule has 7 nitrogen and oxygen atoms in total. The summed E-state index contributed by atoms with van der Waals surface area (Å²) in [4.78, 5) is 25.7. The number of nitrogens with one attached hydrogen (secondary N) is 1. The lowest BCUT2D eigenvalue weighted by Gasteiger charge is -2.11. The van der Waals surface area contributed by atoms with Crippen LogP contribution in [0.2, 0.25) is 0 Å². The molecular formula is C24H20N4O3. The molecule has 0 aliphatic carbocycles. The van der Waals surface area contributed by atoms with Crippen molar-refractivity contribution in [3.8, 4) is 45.7 Å². The third kappa shape index (κ3) is 4.06. The number of nitrogens with zero attached hydrogens (tertiary/aromatic N) is 3. The molecule has 7 heteroatoms. The second kappa shape index (κ2) is 8.23. The molecule has 0 spiro atoms. The predicted octanol–water partition coefficient (Wildman–Crippen LogP) is 3.95. The van der Waals surface area contributed by atoms with Crippen molar-refractivity contribution < 1.29 is 15.0 Å². The topological polar surface area (TPSA) is 108 Å². The molecule has 3 N–H and O–H groups in total. The van der Waals surface area contributed by atoms with Crippen LogP contribution in [-0.4, -0.2) is 38.1 Å². The molecule has 3 aromatic carbocycles. The highest BCUT2D eigenvalue weighted by Gasteiger charge is 2.17. The van der Waals surface area contributed by atoms with E-state index in [2.05, 4.69) is 20.3 Å². The van der Waals surface area contributed by atoms with Crippen LogP contribution in [0.3, 0.4) is 0 Å². The van der Waals surface area contributed by atoms with Gasteiger partial charge in [0.25, 0.3) is 5.91 Å². The van der Waals surface area contributed by atoms with E-state index in [0.29, 0.717) is 28.1 Å². The summed E-state index contributed by atoms with van der Waals surface area (Å²) in [7, 11) is 1.56. The van der Waals surface area contributed by atoms with E-state index in [4.69, 9.17) is 0 Å². The van der Waals surface area contributed by atoms with Crippen LogP contribution in [0.5, 0.6) is 11.5 Å². The summed E-state index contributed by atoms with van der Waals surface area (Å²) in [6.45, 7) is 1.88. The lowest BCUT2D eigenvalue weighted by Crippen LogP contribution is -2.17. The van der Waals surface area contributed by atoms with Gasteiger partial charge in [-0.2, -0.15) is 0 Å². The van der Waals surface area contributed by atoms with Gasteiger partial charge in [-0.1, -0.05) is 30.3 Å². The molecule has 0 aliphatic heterocycles. The van der Waals surface area contributed by atoms with E-state index < -0.39 is 0 Å². The third-order valence-corrected chi connectivity index (χ3v) is 4.78. The molecule has 1 amide bonds. The standard InChI is InChI=1S/C24H20N4O3/c1-14-10-11-18(20(30)12-14)23-27-21(15-6-5-7-16(13-15)24(31)25-2)26-22(28-23)17-8-3-4-9-19(17)29/h3-13,29-30H,1-2H3,(H,25,31). The van der Waals surface area contributed by atoms with Gasteiger partial charge in [0, 0.05) is 18.2 Å². The number of benzene rings is 3. The maximum atomic E-state index is 12.1. The number of hydrogen-bond donors (Lipinski definition) is 3. The normalized spacial score (nSPS) is 10.6. The van der Waals surface area contributed by atoms with Crippen LogP contribution in [-0.2, 0) is 0 Å². The smallest absolute Gasteiger partial charge is 0.251 e. The summed E-state index contributed by atoms with van der Waals surface area (Å²) in [6.07, 6.45) is 0. The Labute approximate surface area is 179 Å². The minimum atomic E-state index is -0.228. The number of carbonyl (C=O) groups is 1. The van der Waals surface area contributed by atoms with Gasteiger partial charge in [0.05, 0.1) is 11.1 Å². The fraction of sp³-hybridized carbons (Fsp3) is 0.0833. The van der Waals surface area contributed by atoms with E-state index >= 15 is 0 Å². The zero-order chi connectivity index (χ0) is 22.0. The number of phenols is 2. The van der Waals surface area contributed by atoms with Crippen LogP contribution in [0.25, 0.3) is 34.2 Å². The summed E-state index contributed by atoms with van der Waals surface area (Å²) >= 11 is 0. The van der Waals surface area contributed by atoms with Crippen molar-refractivity contribution in [2.45, 2.75) is 6.92 Å². The highest BCUT2D eigenvalue weighted by Crippen LogP contribution is 2.32. The molecule has 154 valence electrons. The fourth-order valence-electron chi connectivity index (χ4n) is 3.18. The molecule has 4 aromatic rings. The Balaban J connectivity index is 1.94.